The molecule has 1 fully saturated rings. The molecule has 2 atom stereocenters. The number of hydrogen-bond donors (Lipinski definition) is 1. The van der Waals surface area contributed by atoms with E-state index in [0.717, 1.165) is 58.0 Å². The number of nitrogens with one attached hydrogen (secondary N) is 1. The summed E-state index contributed by atoms with van der Waals surface area (Å²) >= 11 is 0. The van der Waals surface area contributed by atoms with Gasteiger partial charge in [-0.2, -0.15) is 0 Å². The number of carbonyl (C=O) groups excluding carboxylic acids is 1. The molecule has 1 aromatic heterocycles. The summed E-state index contributed by atoms with van der Waals surface area (Å²) < 4.78 is 39.5. The first-order valence-electron chi connectivity index (χ1n) is 13.3. The van der Waals surface area contributed by atoms with E-state index >= 15 is 0 Å². The van der Waals surface area contributed by atoms with Crippen molar-refractivity contribution in [1.82, 2.24) is 9.55 Å². The lowest BCUT2D eigenvalue weighted by Crippen LogP contribution is -2.18. The van der Waals surface area contributed by atoms with Crippen molar-refractivity contribution in [1.29, 1.82) is 0 Å². The summed E-state index contributed by atoms with van der Waals surface area (Å²) in [6.07, 6.45) is 1.35. The minimum atomic E-state index is -0.385. The normalized spacial score (nSPS) is 20.3. The zero-order chi connectivity index (χ0) is 26.5. The largest absolute Gasteiger partial charge is 0.489 e. The molecule has 39 heavy (non-hydrogen) atoms. The smallest absolute Gasteiger partial charge is 0.303 e. The number of halogens is 1. The number of imidazole rings is 1. The summed E-state index contributed by atoms with van der Waals surface area (Å²) in [6.45, 7) is 3.52. The Kier molecular flexibility index (Phi) is 5.88. The van der Waals surface area contributed by atoms with Crippen molar-refractivity contribution >= 4 is 22.7 Å². The summed E-state index contributed by atoms with van der Waals surface area (Å²) in [7, 11) is 0. The number of esters is 1. The van der Waals surface area contributed by atoms with Crippen molar-refractivity contribution in [2.24, 2.45) is 0 Å². The Morgan fingerprint density at radius 2 is 1.92 bits per heavy atom. The number of aromatic nitrogens is 2. The number of carbonyl (C=O) groups is 1. The maximum absolute atomic E-state index is 14.4. The van der Waals surface area contributed by atoms with Crippen LogP contribution in [0.3, 0.4) is 0 Å². The fraction of sp³-hybridized carbons (Fsp3) is 0.333. The molecule has 3 aliphatic heterocycles. The van der Waals surface area contributed by atoms with Crippen LogP contribution in [0.1, 0.15) is 54.8 Å². The number of nitrogens with zero attached hydrogens (tertiary/aromatic N) is 2. The van der Waals surface area contributed by atoms with E-state index in [4.69, 9.17) is 23.9 Å². The predicted octanol–water partition coefficient (Wildman–Crippen LogP) is 5.60. The highest BCUT2D eigenvalue weighted by molar-refractivity contribution is 5.80. The second-order valence-corrected chi connectivity index (χ2v) is 10.2. The van der Waals surface area contributed by atoms with Gasteiger partial charge in [-0.15, -0.1) is 0 Å². The topological polar surface area (TPSA) is 83.8 Å². The Hall–Kier alpha value is -4.11. The van der Waals surface area contributed by atoms with Crippen molar-refractivity contribution in [2.45, 2.75) is 37.8 Å². The highest BCUT2D eigenvalue weighted by atomic mass is 19.1. The van der Waals surface area contributed by atoms with Gasteiger partial charge in [-0.1, -0.05) is 12.1 Å². The number of ether oxygens (including phenoxy) is 4. The van der Waals surface area contributed by atoms with Crippen LogP contribution in [0.25, 0.3) is 16.7 Å². The molecule has 1 N–H and O–H groups in total. The third kappa shape index (κ3) is 4.27. The molecular weight excluding hydrogens is 501 g/mol. The molecule has 0 aliphatic carbocycles. The van der Waals surface area contributed by atoms with Crippen molar-refractivity contribution in [3.63, 3.8) is 0 Å². The van der Waals surface area contributed by atoms with Crippen LogP contribution in [0.15, 0.2) is 54.6 Å². The Balaban J connectivity index is 1.23. The van der Waals surface area contributed by atoms with E-state index in [1.807, 2.05) is 30.3 Å². The highest BCUT2D eigenvalue weighted by Crippen LogP contribution is 2.43. The lowest BCUT2D eigenvalue weighted by Gasteiger charge is -2.23. The van der Waals surface area contributed by atoms with Crippen LogP contribution >= 0.6 is 0 Å². The molecule has 4 aromatic rings. The molecule has 1 saturated heterocycles. The van der Waals surface area contributed by atoms with E-state index in [1.165, 1.54) is 13.0 Å². The zero-order valence-electron chi connectivity index (χ0n) is 21.5. The van der Waals surface area contributed by atoms with E-state index in [0.29, 0.717) is 32.2 Å². The Bertz CT molecular complexity index is 1580. The van der Waals surface area contributed by atoms with Gasteiger partial charge in [-0.25, -0.2) is 9.37 Å². The van der Waals surface area contributed by atoms with Crippen LogP contribution in [0.4, 0.5) is 10.1 Å². The number of rotatable bonds is 5. The van der Waals surface area contributed by atoms with E-state index in [9.17, 15) is 9.18 Å². The second-order valence-electron chi connectivity index (χ2n) is 10.2. The van der Waals surface area contributed by atoms with Crippen LogP contribution in [0, 0.1) is 5.82 Å². The van der Waals surface area contributed by atoms with Crippen LogP contribution in [0.2, 0.25) is 0 Å². The maximum Gasteiger partial charge on any atom is 0.303 e. The standard InChI is InChI=1S/C30H28FN3O5/c1-17(35)39-28-16-37-27-14-20(6-7-22(27)28)32-24-15-38-29-21(24)3-2-4-25(29)34-26-13-19(31)5-8-23(26)33-30(34)18-9-11-36-12-10-18/h2-8,13-14,18,24,28,32H,9-12,15-16H2,1H3/t24-,28-/m1/s1. The summed E-state index contributed by atoms with van der Waals surface area (Å²) in [6, 6.07) is 16.5. The molecule has 0 bridgehead atoms. The Morgan fingerprint density at radius 3 is 2.77 bits per heavy atom. The maximum atomic E-state index is 14.4. The van der Waals surface area contributed by atoms with Gasteiger partial charge < -0.3 is 24.3 Å². The molecule has 200 valence electrons. The molecule has 0 radical (unpaired) electrons. The molecule has 0 spiro atoms. The molecular formula is C30H28FN3O5. The first-order valence-corrected chi connectivity index (χ1v) is 13.3. The van der Waals surface area contributed by atoms with Crippen LogP contribution < -0.4 is 14.8 Å². The SMILES string of the molecule is CC(=O)O[C@@H]1COc2cc(N[C@@H]3COc4c3cccc4-n3c(C4CCOCC4)nc4ccc(F)cc43)ccc21. The van der Waals surface area contributed by atoms with Crippen LogP contribution in [0.5, 0.6) is 11.5 Å². The van der Waals surface area contributed by atoms with Gasteiger partial charge >= 0.3 is 5.97 Å². The third-order valence-corrected chi connectivity index (χ3v) is 7.66. The van der Waals surface area contributed by atoms with Crippen molar-refractivity contribution in [3.05, 3.63) is 77.4 Å². The van der Waals surface area contributed by atoms with Gasteiger partial charge in [0.15, 0.2) is 6.10 Å². The Labute approximate surface area is 224 Å². The predicted molar refractivity (Wildman–Crippen MR) is 142 cm³/mol. The average Bonchev–Trinajstić information content (AvgIpc) is 3.64. The van der Waals surface area contributed by atoms with Gasteiger partial charge in [-0.3, -0.25) is 9.36 Å². The minimum Gasteiger partial charge on any atom is -0.489 e. The molecule has 7 rings (SSSR count). The summed E-state index contributed by atoms with van der Waals surface area (Å²) in [5.41, 5.74) is 5.09. The summed E-state index contributed by atoms with van der Waals surface area (Å²) in [5.74, 6) is 1.95. The molecule has 8 nitrogen and oxygen atoms in total. The molecule has 3 aromatic carbocycles. The third-order valence-electron chi connectivity index (χ3n) is 7.66. The monoisotopic (exact) mass is 529 g/mol. The van der Waals surface area contributed by atoms with E-state index in [2.05, 4.69) is 16.0 Å². The molecule has 9 heteroatoms. The molecule has 4 heterocycles. The lowest BCUT2D eigenvalue weighted by molar-refractivity contribution is -0.147. The number of fused-ring (bicyclic) bond motifs is 3. The Morgan fingerprint density at radius 1 is 1.05 bits per heavy atom. The summed E-state index contributed by atoms with van der Waals surface area (Å²) in [4.78, 5) is 16.3. The van der Waals surface area contributed by atoms with Gasteiger partial charge in [0.2, 0.25) is 0 Å². The number of anilines is 1. The van der Waals surface area contributed by atoms with Gasteiger partial charge in [0, 0.05) is 55.0 Å². The first-order chi connectivity index (χ1) is 19.0. The lowest BCUT2D eigenvalue weighted by atomic mass is 9.99. The quantitative estimate of drug-likeness (QED) is 0.337. The van der Waals surface area contributed by atoms with E-state index < -0.39 is 0 Å². The zero-order valence-corrected chi connectivity index (χ0v) is 21.5. The number of hydrogen-bond acceptors (Lipinski definition) is 7. The van der Waals surface area contributed by atoms with E-state index in [-0.39, 0.29) is 29.9 Å². The fourth-order valence-corrected chi connectivity index (χ4v) is 5.85. The minimum absolute atomic E-state index is 0.0956. The molecule has 0 unspecified atom stereocenters. The number of para-hydroxylation sites is 1. The van der Waals surface area contributed by atoms with Gasteiger partial charge in [0.25, 0.3) is 0 Å². The van der Waals surface area contributed by atoms with Gasteiger partial charge in [0.1, 0.15) is 36.4 Å². The fourth-order valence-electron chi connectivity index (χ4n) is 5.85. The molecule has 0 amide bonds. The number of benzene rings is 3. The summed E-state index contributed by atoms with van der Waals surface area (Å²) in [5, 5.41) is 3.56. The second kappa shape index (κ2) is 9.57. The van der Waals surface area contributed by atoms with Crippen LogP contribution in [-0.2, 0) is 14.3 Å². The molecule has 3 aliphatic rings. The van der Waals surface area contributed by atoms with Crippen molar-refractivity contribution in [3.8, 4) is 17.2 Å². The van der Waals surface area contributed by atoms with Crippen molar-refractivity contribution in [2.75, 3.05) is 31.7 Å². The van der Waals surface area contributed by atoms with E-state index in [1.54, 1.807) is 12.1 Å². The molecule has 0 saturated carbocycles. The van der Waals surface area contributed by atoms with Gasteiger partial charge in [0.05, 0.1) is 22.8 Å². The average molecular weight is 530 g/mol. The van der Waals surface area contributed by atoms with Gasteiger partial charge in [-0.05, 0) is 43.2 Å². The first kappa shape index (κ1) is 24.0. The van der Waals surface area contributed by atoms with Crippen molar-refractivity contribution < 1.29 is 28.1 Å². The highest BCUT2D eigenvalue weighted by Gasteiger charge is 2.32. The van der Waals surface area contributed by atoms with Crippen LogP contribution in [-0.4, -0.2) is 41.9 Å².